The summed E-state index contributed by atoms with van der Waals surface area (Å²) in [5.41, 5.74) is 5.62. The Morgan fingerprint density at radius 3 is 2.84 bits per heavy atom. The Kier molecular flexibility index (Phi) is 3.79. The number of nitrogens with one attached hydrogen (secondary N) is 1. The van der Waals surface area contributed by atoms with Crippen molar-refractivity contribution in [3.8, 4) is 11.7 Å². The molecule has 8 heteroatoms. The van der Waals surface area contributed by atoms with Crippen molar-refractivity contribution >= 4 is 11.9 Å². The van der Waals surface area contributed by atoms with Gasteiger partial charge in [0.05, 0.1) is 18.3 Å². The Labute approximate surface area is 144 Å². The average Bonchev–Trinajstić information content (AvgIpc) is 3.23. The SMILES string of the molecule is NC1=NCC2(CCN(C(=O)c3ccc(Oc4cccnc4)o3)CC2)N1. The van der Waals surface area contributed by atoms with E-state index in [-0.39, 0.29) is 23.2 Å². The van der Waals surface area contributed by atoms with Crippen LogP contribution in [0.25, 0.3) is 0 Å². The summed E-state index contributed by atoms with van der Waals surface area (Å²) in [7, 11) is 0. The molecule has 0 bridgehead atoms. The van der Waals surface area contributed by atoms with Gasteiger partial charge in [-0.05, 0) is 31.0 Å². The topological polar surface area (TPSA) is 106 Å². The monoisotopic (exact) mass is 341 g/mol. The van der Waals surface area contributed by atoms with E-state index < -0.39 is 0 Å². The van der Waals surface area contributed by atoms with Crippen LogP contribution >= 0.6 is 0 Å². The van der Waals surface area contributed by atoms with Gasteiger partial charge >= 0.3 is 0 Å². The molecule has 0 saturated carbocycles. The minimum atomic E-state index is -0.136. The number of likely N-dealkylation sites (tertiary alicyclic amines) is 1. The number of hydrogen-bond acceptors (Lipinski definition) is 7. The maximum atomic E-state index is 12.6. The summed E-state index contributed by atoms with van der Waals surface area (Å²) in [6.45, 7) is 1.94. The average molecular weight is 341 g/mol. The zero-order valence-corrected chi connectivity index (χ0v) is 13.6. The number of amides is 1. The third-order valence-corrected chi connectivity index (χ3v) is 4.60. The molecule has 25 heavy (non-hydrogen) atoms. The van der Waals surface area contributed by atoms with Gasteiger partial charge in [-0.15, -0.1) is 0 Å². The molecule has 2 aliphatic rings. The van der Waals surface area contributed by atoms with Gasteiger partial charge in [0.1, 0.15) is 5.75 Å². The van der Waals surface area contributed by atoms with Crippen molar-refractivity contribution in [1.82, 2.24) is 15.2 Å². The van der Waals surface area contributed by atoms with Crippen molar-refractivity contribution < 1.29 is 13.9 Å². The summed E-state index contributed by atoms with van der Waals surface area (Å²) in [5.74, 6) is 1.44. The number of furan rings is 1. The number of ether oxygens (including phenoxy) is 1. The predicted octanol–water partition coefficient (Wildman–Crippen LogP) is 1.36. The lowest BCUT2D eigenvalue weighted by molar-refractivity contribution is 0.0632. The fraction of sp³-hybridized carbons (Fsp3) is 0.353. The number of guanidine groups is 1. The number of carbonyl (C=O) groups excluding carboxylic acids is 1. The number of nitrogens with zero attached hydrogens (tertiary/aromatic N) is 3. The van der Waals surface area contributed by atoms with Gasteiger partial charge in [-0.2, -0.15) is 0 Å². The number of nitrogens with two attached hydrogens (primary N) is 1. The summed E-state index contributed by atoms with van der Waals surface area (Å²) >= 11 is 0. The molecule has 1 saturated heterocycles. The minimum absolute atomic E-state index is 0.0986. The Morgan fingerprint density at radius 2 is 2.16 bits per heavy atom. The van der Waals surface area contributed by atoms with Gasteiger partial charge in [-0.25, -0.2) is 0 Å². The molecular weight excluding hydrogens is 322 g/mol. The van der Waals surface area contributed by atoms with Crippen LogP contribution in [0, 0.1) is 0 Å². The van der Waals surface area contributed by atoms with E-state index in [4.69, 9.17) is 14.9 Å². The minimum Gasteiger partial charge on any atom is -0.424 e. The highest BCUT2D eigenvalue weighted by atomic mass is 16.6. The largest absolute Gasteiger partial charge is 0.424 e. The van der Waals surface area contributed by atoms with E-state index in [0.717, 1.165) is 12.8 Å². The quantitative estimate of drug-likeness (QED) is 0.873. The van der Waals surface area contributed by atoms with Crippen molar-refractivity contribution in [3.05, 3.63) is 42.4 Å². The van der Waals surface area contributed by atoms with Gasteiger partial charge in [0.25, 0.3) is 11.9 Å². The van der Waals surface area contributed by atoms with Crippen LogP contribution in [0.1, 0.15) is 23.4 Å². The van der Waals surface area contributed by atoms with E-state index in [2.05, 4.69) is 15.3 Å². The summed E-state index contributed by atoms with van der Waals surface area (Å²) in [6.07, 6.45) is 4.85. The number of aromatic nitrogens is 1. The summed E-state index contributed by atoms with van der Waals surface area (Å²) in [6, 6.07) is 6.80. The van der Waals surface area contributed by atoms with Crippen LogP contribution in [-0.4, -0.2) is 46.9 Å². The maximum Gasteiger partial charge on any atom is 0.290 e. The first-order valence-electron chi connectivity index (χ1n) is 8.19. The second kappa shape index (κ2) is 6.12. The molecule has 0 atom stereocenters. The van der Waals surface area contributed by atoms with Crippen LogP contribution < -0.4 is 15.8 Å². The van der Waals surface area contributed by atoms with Gasteiger partial charge < -0.3 is 25.1 Å². The van der Waals surface area contributed by atoms with Crippen LogP contribution in [0.2, 0.25) is 0 Å². The molecule has 0 aliphatic carbocycles. The van der Waals surface area contributed by atoms with E-state index in [1.807, 2.05) is 0 Å². The lowest BCUT2D eigenvalue weighted by Gasteiger charge is -2.38. The van der Waals surface area contributed by atoms with E-state index in [9.17, 15) is 4.79 Å². The maximum absolute atomic E-state index is 12.6. The Hall–Kier alpha value is -3.03. The highest BCUT2D eigenvalue weighted by Gasteiger charge is 2.39. The molecule has 0 aromatic carbocycles. The third kappa shape index (κ3) is 3.15. The molecule has 8 nitrogen and oxygen atoms in total. The van der Waals surface area contributed by atoms with Gasteiger partial charge in [-0.3, -0.25) is 14.8 Å². The lowest BCUT2D eigenvalue weighted by Crippen LogP contribution is -2.55. The normalized spacial score (nSPS) is 18.7. The van der Waals surface area contributed by atoms with Crippen molar-refractivity contribution in [2.24, 2.45) is 10.7 Å². The molecule has 130 valence electrons. The van der Waals surface area contributed by atoms with E-state index in [1.165, 1.54) is 0 Å². The van der Waals surface area contributed by atoms with E-state index in [0.29, 0.717) is 31.3 Å². The third-order valence-electron chi connectivity index (χ3n) is 4.60. The van der Waals surface area contributed by atoms with E-state index in [1.54, 1.807) is 41.6 Å². The van der Waals surface area contributed by atoms with Crippen molar-refractivity contribution in [1.29, 1.82) is 0 Å². The van der Waals surface area contributed by atoms with Crippen LogP contribution in [0.3, 0.4) is 0 Å². The number of hydrogen-bond donors (Lipinski definition) is 2. The smallest absolute Gasteiger partial charge is 0.290 e. The fourth-order valence-corrected chi connectivity index (χ4v) is 3.18. The van der Waals surface area contributed by atoms with Crippen LogP contribution in [0.4, 0.5) is 0 Å². The zero-order valence-electron chi connectivity index (χ0n) is 13.6. The molecule has 4 rings (SSSR count). The Morgan fingerprint density at radius 1 is 1.32 bits per heavy atom. The molecule has 0 unspecified atom stereocenters. The van der Waals surface area contributed by atoms with E-state index >= 15 is 0 Å². The summed E-state index contributed by atoms with van der Waals surface area (Å²) < 4.78 is 11.1. The number of aliphatic imine (C=N–C) groups is 1. The van der Waals surface area contributed by atoms with Crippen molar-refractivity contribution in [2.75, 3.05) is 19.6 Å². The number of pyridine rings is 1. The molecule has 2 aliphatic heterocycles. The Bertz CT molecular complexity index is 794. The molecule has 3 N–H and O–H groups in total. The van der Waals surface area contributed by atoms with Crippen LogP contribution in [0.5, 0.6) is 11.7 Å². The first kappa shape index (κ1) is 15.5. The highest BCUT2D eigenvalue weighted by Crippen LogP contribution is 2.28. The lowest BCUT2D eigenvalue weighted by atomic mass is 9.88. The predicted molar refractivity (Wildman–Crippen MR) is 90.5 cm³/mol. The first-order valence-corrected chi connectivity index (χ1v) is 8.19. The molecule has 4 heterocycles. The molecule has 1 spiro atoms. The molecule has 2 aromatic rings. The molecular formula is C17H19N5O3. The van der Waals surface area contributed by atoms with Crippen LogP contribution in [-0.2, 0) is 0 Å². The van der Waals surface area contributed by atoms with Gasteiger partial charge in [-0.1, -0.05) is 0 Å². The van der Waals surface area contributed by atoms with Gasteiger partial charge in [0.2, 0.25) is 0 Å². The molecule has 0 radical (unpaired) electrons. The fourth-order valence-electron chi connectivity index (χ4n) is 3.18. The van der Waals surface area contributed by atoms with Gasteiger partial charge in [0.15, 0.2) is 11.7 Å². The molecule has 2 aromatic heterocycles. The number of carbonyl (C=O) groups is 1. The molecule has 1 fully saturated rings. The van der Waals surface area contributed by atoms with Gasteiger partial charge in [0, 0.05) is 25.4 Å². The number of piperidine rings is 1. The van der Waals surface area contributed by atoms with Crippen LogP contribution in [0.15, 0.2) is 46.1 Å². The zero-order chi connectivity index (χ0) is 17.3. The summed E-state index contributed by atoms with van der Waals surface area (Å²) in [5, 5.41) is 3.24. The van der Waals surface area contributed by atoms with Crippen molar-refractivity contribution in [3.63, 3.8) is 0 Å². The Balaban J connectivity index is 1.37. The standard InChI is InChI=1S/C17H19N5O3/c18-16-20-11-17(21-16)5-8-22(9-6-17)15(23)13-3-4-14(25-13)24-12-2-1-7-19-10-12/h1-4,7,10H,5-6,8-9,11H2,(H3,18,20,21). The highest BCUT2D eigenvalue weighted by molar-refractivity contribution is 5.91. The molecule has 1 amide bonds. The second-order valence-corrected chi connectivity index (χ2v) is 6.31. The van der Waals surface area contributed by atoms with Crippen molar-refractivity contribution in [2.45, 2.75) is 18.4 Å². The second-order valence-electron chi connectivity index (χ2n) is 6.31. The summed E-state index contributed by atoms with van der Waals surface area (Å²) in [4.78, 5) is 22.6. The number of rotatable bonds is 3. The first-order chi connectivity index (χ1) is 12.1.